The van der Waals surface area contributed by atoms with Gasteiger partial charge < -0.3 is 4.90 Å². The molecule has 1 aliphatic heterocycles. The van der Waals surface area contributed by atoms with Gasteiger partial charge in [-0.3, -0.25) is 0 Å². The summed E-state index contributed by atoms with van der Waals surface area (Å²) < 4.78 is 12.1. The maximum atomic E-state index is 12.1. The molecule has 1 nitrogen and oxygen atoms in total. The largest absolute Gasteiger partial charge is 0.303 e. The Kier molecular flexibility index (Phi) is 7.07. The first-order chi connectivity index (χ1) is 5.20. The molecule has 0 bridgehead atoms. The second kappa shape index (κ2) is 6.92. The van der Waals surface area contributed by atoms with Gasteiger partial charge in [0.2, 0.25) is 0 Å². The smallest absolute Gasteiger partial charge is 0.114 e. The molecule has 1 aliphatic rings. The Hall–Kier alpha value is 0.240. The number of thiol groups is 1. The predicted octanol–water partition coefficient (Wildman–Crippen LogP) is 1.99. The van der Waals surface area contributed by atoms with Crippen molar-refractivity contribution < 1.29 is 4.39 Å². The highest BCUT2D eigenvalue weighted by Crippen LogP contribution is 2.08. The number of hydrogen-bond donors (Lipinski definition) is 1. The summed E-state index contributed by atoms with van der Waals surface area (Å²) in [5, 5.41) is 0. The summed E-state index contributed by atoms with van der Waals surface area (Å²) in [6.07, 6.45) is 1.37. The average molecular weight is 179 g/mol. The van der Waals surface area contributed by atoms with Crippen molar-refractivity contribution in [3.8, 4) is 0 Å². The molecule has 1 atom stereocenters. The van der Waals surface area contributed by atoms with E-state index in [1.54, 1.807) is 0 Å². The Balaban J connectivity index is 0.000000218. The highest BCUT2D eigenvalue weighted by molar-refractivity contribution is 7.80. The average Bonchev–Trinajstić information content (AvgIpc) is 2.35. The third-order valence-electron chi connectivity index (χ3n) is 1.56. The monoisotopic (exact) mass is 179 g/mol. The lowest BCUT2D eigenvalue weighted by molar-refractivity contribution is 0.321. The van der Waals surface area contributed by atoms with Crippen molar-refractivity contribution in [1.29, 1.82) is 0 Å². The molecule has 1 fully saturated rings. The van der Waals surface area contributed by atoms with Crippen molar-refractivity contribution in [1.82, 2.24) is 4.90 Å². The quantitative estimate of drug-likeness (QED) is 0.602. The van der Waals surface area contributed by atoms with Gasteiger partial charge in [0.15, 0.2) is 0 Å². The van der Waals surface area contributed by atoms with E-state index in [9.17, 15) is 4.39 Å². The first-order valence-corrected chi connectivity index (χ1v) is 4.77. The summed E-state index contributed by atoms with van der Waals surface area (Å²) in [5.41, 5.74) is 0. The maximum absolute atomic E-state index is 12.1. The Morgan fingerprint density at radius 2 is 2.18 bits per heavy atom. The Bertz CT molecular complexity index is 80.2. The Morgan fingerprint density at radius 1 is 1.64 bits per heavy atom. The van der Waals surface area contributed by atoms with Crippen molar-refractivity contribution in [2.45, 2.75) is 25.9 Å². The van der Waals surface area contributed by atoms with E-state index in [0.717, 1.165) is 18.7 Å². The van der Waals surface area contributed by atoms with Gasteiger partial charge in [-0.25, -0.2) is 4.39 Å². The van der Waals surface area contributed by atoms with Crippen LogP contribution in [0.4, 0.5) is 4.39 Å². The number of alkyl halides is 1. The zero-order chi connectivity index (χ0) is 8.69. The molecule has 0 aromatic rings. The number of halogens is 1. The van der Waals surface area contributed by atoms with Gasteiger partial charge in [-0.05, 0) is 25.6 Å². The SMILES string of the molecule is CCCS.CN1CCC(F)C1. The van der Waals surface area contributed by atoms with Crippen LogP contribution in [0.25, 0.3) is 0 Å². The molecule has 0 spiro atoms. The minimum Gasteiger partial charge on any atom is -0.303 e. The van der Waals surface area contributed by atoms with Crippen LogP contribution < -0.4 is 0 Å². The lowest BCUT2D eigenvalue weighted by atomic mass is 10.4. The van der Waals surface area contributed by atoms with Crippen LogP contribution in [-0.2, 0) is 0 Å². The van der Waals surface area contributed by atoms with Crippen LogP contribution in [0.2, 0.25) is 0 Å². The normalized spacial score (nSPS) is 24.5. The predicted molar refractivity (Wildman–Crippen MR) is 51.2 cm³/mol. The molecule has 0 N–H and O–H groups in total. The van der Waals surface area contributed by atoms with Gasteiger partial charge in [-0.15, -0.1) is 0 Å². The number of rotatable bonds is 1. The molecular formula is C8H18FNS. The van der Waals surface area contributed by atoms with E-state index in [1.165, 1.54) is 6.42 Å². The number of likely N-dealkylation sites (tertiary alicyclic amines) is 1. The molecule has 1 unspecified atom stereocenters. The molecule has 1 heterocycles. The zero-order valence-electron chi connectivity index (χ0n) is 7.39. The van der Waals surface area contributed by atoms with E-state index in [-0.39, 0.29) is 0 Å². The van der Waals surface area contributed by atoms with Crippen LogP contribution in [0, 0.1) is 0 Å². The van der Waals surface area contributed by atoms with Crippen molar-refractivity contribution in [3.63, 3.8) is 0 Å². The fourth-order valence-electron chi connectivity index (χ4n) is 0.881. The maximum Gasteiger partial charge on any atom is 0.114 e. The molecule has 3 heteroatoms. The topological polar surface area (TPSA) is 3.24 Å². The van der Waals surface area contributed by atoms with Crippen LogP contribution in [0.5, 0.6) is 0 Å². The van der Waals surface area contributed by atoms with Crippen molar-refractivity contribution in [2.24, 2.45) is 0 Å². The highest BCUT2D eigenvalue weighted by atomic mass is 32.1. The minimum absolute atomic E-state index is 0.551. The van der Waals surface area contributed by atoms with Gasteiger partial charge in [0.05, 0.1) is 0 Å². The molecule has 1 rings (SSSR count). The van der Waals surface area contributed by atoms with Crippen LogP contribution in [0.15, 0.2) is 0 Å². The summed E-state index contributed by atoms with van der Waals surface area (Å²) in [5.74, 6) is 1.01. The second-order valence-corrected chi connectivity index (χ2v) is 3.32. The molecule has 68 valence electrons. The Morgan fingerprint density at radius 3 is 2.27 bits per heavy atom. The fourth-order valence-corrected chi connectivity index (χ4v) is 0.881. The van der Waals surface area contributed by atoms with Gasteiger partial charge in [0.25, 0.3) is 0 Å². The van der Waals surface area contributed by atoms with Crippen LogP contribution in [-0.4, -0.2) is 37.0 Å². The van der Waals surface area contributed by atoms with Gasteiger partial charge in [0, 0.05) is 13.1 Å². The summed E-state index contributed by atoms with van der Waals surface area (Å²) in [7, 11) is 1.94. The molecule has 0 aliphatic carbocycles. The van der Waals surface area contributed by atoms with Gasteiger partial charge >= 0.3 is 0 Å². The first kappa shape index (κ1) is 11.2. The molecule has 0 saturated carbocycles. The lowest BCUT2D eigenvalue weighted by Crippen LogP contribution is -2.13. The van der Waals surface area contributed by atoms with Crippen molar-refractivity contribution >= 4 is 12.6 Å². The van der Waals surface area contributed by atoms with Crippen LogP contribution in [0.1, 0.15) is 19.8 Å². The summed E-state index contributed by atoms with van der Waals surface area (Å²) >= 11 is 3.92. The molecule has 0 radical (unpaired) electrons. The third kappa shape index (κ3) is 6.63. The van der Waals surface area contributed by atoms with Crippen LogP contribution in [0.3, 0.4) is 0 Å². The van der Waals surface area contributed by atoms with E-state index in [1.807, 2.05) is 11.9 Å². The summed E-state index contributed by atoms with van der Waals surface area (Å²) in [4.78, 5) is 2.00. The third-order valence-corrected chi connectivity index (χ3v) is 2.00. The van der Waals surface area contributed by atoms with Gasteiger partial charge in [0.1, 0.15) is 6.17 Å². The molecular weight excluding hydrogens is 161 g/mol. The highest BCUT2D eigenvalue weighted by Gasteiger charge is 2.17. The Labute approximate surface area is 74.4 Å². The van der Waals surface area contributed by atoms with E-state index in [4.69, 9.17) is 0 Å². The molecule has 0 amide bonds. The standard InChI is InChI=1S/C5H10FN.C3H8S/c1-7-3-2-5(6)4-7;1-2-3-4/h5H,2-4H2,1H3;4H,2-3H2,1H3. The van der Waals surface area contributed by atoms with Crippen LogP contribution >= 0.6 is 12.6 Å². The van der Waals surface area contributed by atoms with Crippen molar-refractivity contribution in [2.75, 3.05) is 25.9 Å². The number of nitrogens with zero attached hydrogens (tertiary/aromatic N) is 1. The summed E-state index contributed by atoms with van der Waals surface area (Å²) in [6, 6.07) is 0. The number of hydrogen-bond acceptors (Lipinski definition) is 2. The molecule has 11 heavy (non-hydrogen) atoms. The van der Waals surface area contributed by atoms with E-state index < -0.39 is 6.17 Å². The summed E-state index contributed by atoms with van der Waals surface area (Å²) in [6.45, 7) is 3.67. The van der Waals surface area contributed by atoms with E-state index >= 15 is 0 Å². The fraction of sp³-hybridized carbons (Fsp3) is 1.00. The molecule has 1 saturated heterocycles. The van der Waals surface area contributed by atoms with E-state index in [0.29, 0.717) is 6.54 Å². The van der Waals surface area contributed by atoms with Crippen molar-refractivity contribution in [3.05, 3.63) is 0 Å². The first-order valence-electron chi connectivity index (χ1n) is 4.14. The van der Waals surface area contributed by atoms with E-state index in [2.05, 4.69) is 19.6 Å². The molecule has 0 aromatic heterocycles. The molecule has 0 aromatic carbocycles. The van der Waals surface area contributed by atoms with Gasteiger partial charge in [-0.1, -0.05) is 6.92 Å². The lowest BCUT2D eigenvalue weighted by Gasteiger charge is -2.01. The van der Waals surface area contributed by atoms with Gasteiger partial charge in [-0.2, -0.15) is 12.6 Å². The minimum atomic E-state index is -0.551. The zero-order valence-corrected chi connectivity index (χ0v) is 8.28. The second-order valence-electron chi connectivity index (χ2n) is 2.87.